The Labute approximate surface area is 86.0 Å². The van der Waals surface area contributed by atoms with Crippen molar-refractivity contribution in [2.24, 2.45) is 7.05 Å². The Hall–Kier alpha value is -1.92. The zero-order valence-corrected chi connectivity index (χ0v) is 8.30. The minimum atomic E-state index is -0.252. The number of amides is 2. The number of nitrogens with zero attached hydrogens (tertiary/aromatic N) is 4. The van der Waals surface area contributed by atoms with Crippen LogP contribution in [0.25, 0.3) is 0 Å². The van der Waals surface area contributed by atoms with Gasteiger partial charge in [-0.2, -0.15) is 0 Å². The Morgan fingerprint density at radius 3 is 3.00 bits per heavy atom. The number of hydrogen-bond acceptors (Lipinski definition) is 4. The van der Waals surface area contributed by atoms with Gasteiger partial charge in [0, 0.05) is 20.1 Å². The summed E-state index contributed by atoms with van der Waals surface area (Å²) < 4.78 is 1.46. The predicted octanol–water partition coefficient (Wildman–Crippen LogP) is -1.61. The van der Waals surface area contributed by atoms with E-state index in [-0.39, 0.29) is 24.1 Å². The van der Waals surface area contributed by atoms with Gasteiger partial charge in [-0.05, 0) is 0 Å². The molecular formula is C8H11N5O2. The van der Waals surface area contributed by atoms with Crippen molar-refractivity contribution < 1.29 is 9.59 Å². The van der Waals surface area contributed by atoms with Gasteiger partial charge in [0.1, 0.15) is 0 Å². The molecule has 1 aromatic heterocycles. The molecule has 0 radical (unpaired) electrons. The molecule has 0 unspecified atom stereocenters. The Balaban J connectivity index is 2.10. The predicted molar refractivity (Wildman–Crippen MR) is 49.9 cm³/mol. The molecule has 80 valence electrons. The van der Waals surface area contributed by atoms with Gasteiger partial charge in [-0.3, -0.25) is 14.3 Å². The summed E-state index contributed by atoms with van der Waals surface area (Å²) in [5.74, 6) is -0.392. The molecule has 7 nitrogen and oxygen atoms in total. The molecule has 0 aliphatic carbocycles. The van der Waals surface area contributed by atoms with E-state index < -0.39 is 0 Å². The van der Waals surface area contributed by atoms with Crippen molar-refractivity contribution in [2.75, 3.05) is 19.6 Å². The number of hydrogen-bond donors (Lipinski definition) is 1. The number of carbonyl (C=O) groups is 2. The molecule has 1 fully saturated rings. The van der Waals surface area contributed by atoms with Crippen LogP contribution in [-0.4, -0.2) is 51.3 Å². The minimum Gasteiger partial charge on any atom is -0.353 e. The van der Waals surface area contributed by atoms with Gasteiger partial charge in [0.05, 0.1) is 12.7 Å². The number of aryl methyl sites for hydroxylation is 1. The third-order valence-corrected chi connectivity index (χ3v) is 2.15. The van der Waals surface area contributed by atoms with E-state index in [0.29, 0.717) is 13.1 Å². The summed E-state index contributed by atoms with van der Waals surface area (Å²) in [4.78, 5) is 24.3. The maximum absolute atomic E-state index is 11.8. The van der Waals surface area contributed by atoms with Crippen LogP contribution in [0.15, 0.2) is 6.20 Å². The van der Waals surface area contributed by atoms with E-state index in [1.165, 1.54) is 15.8 Å². The summed E-state index contributed by atoms with van der Waals surface area (Å²) >= 11 is 0. The first-order valence-electron chi connectivity index (χ1n) is 4.59. The Morgan fingerprint density at radius 1 is 1.60 bits per heavy atom. The van der Waals surface area contributed by atoms with E-state index in [0.717, 1.165) is 0 Å². The van der Waals surface area contributed by atoms with Crippen LogP contribution >= 0.6 is 0 Å². The van der Waals surface area contributed by atoms with Crippen molar-refractivity contribution in [1.82, 2.24) is 25.2 Å². The molecule has 0 spiro atoms. The fourth-order valence-corrected chi connectivity index (χ4v) is 1.42. The lowest BCUT2D eigenvalue weighted by molar-refractivity contribution is -0.123. The second-order valence-electron chi connectivity index (χ2n) is 3.35. The van der Waals surface area contributed by atoms with Gasteiger partial charge >= 0.3 is 0 Å². The van der Waals surface area contributed by atoms with Crippen molar-refractivity contribution in [2.45, 2.75) is 0 Å². The van der Waals surface area contributed by atoms with Crippen LogP contribution in [-0.2, 0) is 11.8 Å². The molecule has 0 aromatic carbocycles. The van der Waals surface area contributed by atoms with Crippen molar-refractivity contribution in [1.29, 1.82) is 0 Å². The third kappa shape index (κ3) is 1.95. The lowest BCUT2D eigenvalue weighted by Gasteiger charge is -2.25. The standard InChI is InChI=1S/C8H11N5O2/c1-12-4-6(10-11-12)8(15)13-3-2-9-7(14)5-13/h4H,2-3,5H2,1H3,(H,9,14). The van der Waals surface area contributed by atoms with Gasteiger partial charge in [-0.15, -0.1) is 5.10 Å². The van der Waals surface area contributed by atoms with Crippen LogP contribution in [0.1, 0.15) is 10.5 Å². The van der Waals surface area contributed by atoms with Crippen LogP contribution < -0.4 is 5.32 Å². The van der Waals surface area contributed by atoms with Crippen LogP contribution in [0.2, 0.25) is 0 Å². The van der Waals surface area contributed by atoms with Crippen LogP contribution in [0.4, 0.5) is 0 Å². The second-order valence-corrected chi connectivity index (χ2v) is 3.35. The van der Waals surface area contributed by atoms with E-state index in [9.17, 15) is 9.59 Å². The normalized spacial score (nSPS) is 16.3. The summed E-state index contributed by atoms with van der Waals surface area (Å²) in [7, 11) is 1.69. The average Bonchev–Trinajstić information content (AvgIpc) is 2.64. The summed E-state index contributed by atoms with van der Waals surface area (Å²) in [6.07, 6.45) is 1.54. The highest BCUT2D eigenvalue weighted by molar-refractivity contribution is 5.95. The van der Waals surface area contributed by atoms with E-state index in [1.54, 1.807) is 7.05 Å². The summed E-state index contributed by atoms with van der Waals surface area (Å²) in [5, 5.41) is 10.0. The van der Waals surface area contributed by atoms with Gasteiger partial charge < -0.3 is 10.2 Å². The molecule has 1 N–H and O–H groups in total. The fraction of sp³-hybridized carbons (Fsp3) is 0.500. The maximum atomic E-state index is 11.8. The number of rotatable bonds is 1. The molecule has 1 aliphatic heterocycles. The van der Waals surface area contributed by atoms with E-state index in [1.807, 2.05) is 0 Å². The van der Waals surface area contributed by atoms with Crippen LogP contribution in [0.5, 0.6) is 0 Å². The Bertz CT molecular complexity index is 399. The van der Waals surface area contributed by atoms with Gasteiger partial charge in [0.2, 0.25) is 5.91 Å². The molecule has 7 heteroatoms. The monoisotopic (exact) mass is 209 g/mol. The molecular weight excluding hydrogens is 198 g/mol. The van der Waals surface area contributed by atoms with Gasteiger partial charge in [0.25, 0.3) is 5.91 Å². The van der Waals surface area contributed by atoms with Crippen molar-refractivity contribution >= 4 is 11.8 Å². The lowest BCUT2D eigenvalue weighted by atomic mass is 10.3. The molecule has 1 aliphatic rings. The molecule has 2 rings (SSSR count). The zero-order chi connectivity index (χ0) is 10.8. The SMILES string of the molecule is Cn1cc(C(=O)N2CCNC(=O)C2)nn1. The molecule has 2 amide bonds. The summed E-state index contributed by atoms with van der Waals surface area (Å²) in [5.41, 5.74) is 0.271. The van der Waals surface area contributed by atoms with Crippen LogP contribution in [0, 0.1) is 0 Å². The second kappa shape index (κ2) is 3.68. The summed E-state index contributed by atoms with van der Waals surface area (Å²) in [6, 6.07) is 0. The molecule has 2 heterocycles. The molecule has 15 heavy (non-hydrogen) atoms. The zero-order valence-electron chi connectivity index (χ0n) is 8.30. The van der Waals surface area contributed by atoms with Gasteiger partial charge in [-0.1, -0.05) is 5.21 Å². The highest BCUT2D eigenvalue weighted by atomic mass is 16.2. The highest BCUT2D eigenvalue weighted by Crippen LogP contribution is 2.02. The quantitative estimate of drug-likeness (QED) is 0.603. The van der Waals surface area contributed by atoms with E-state index in [4.69, 9.17) is 0 Å². The highest BCUT2D eigenvalue weighted by Gasteiger charge is 2.23. The van der Waals surface area contributed by atoms with Crippen LogP contribution in [0.3, 0.4) is 0 Å². The first-order chi connectivity index (χ1) is 7.16. The smallest absolute Gasteiger partial charge is 0.276 e. The number of aromatic nitrogens is 3. The third-order valence-electron chi connectivity index (χ3n) is 2.15. The average molecular weight is 209 g/mol. The largest absolute Gasteiger partial charge is 0.353 e. The molecule has 0 bridgehead atoms. The molecule has 1 aromatic rings. The maximum Gasteiger partial charge on any atom is 0.276 e. The van der Waals surface area contributed by atoms with Crippen molar-refractivity contribution in [3.63, 3.8) is 0 Å². The van der Waals surface area contributed by atoms with Crippen molar-refractivity contribution in [3.8, 4) is 0 Å². The van der Waals surface area contributed by atoms with E-state index >= 15 is 0 Å². The topological polar surface area (TPSA) is 80.1 Å². The first kappa shape index (κ1) is 9.63. The molecule has 0 atom stereocenters. The number of piperazine rings is 1. The minimum absolute atomic E-state index is 0.0927. The number of carbonyl (C=O) groups excluding carboxylic acids is 2. The number of nitrogens with one attached hydrogen (secondary N) is 1. The first-order valence-corrected chi connectivity index (χ1v) is 4.59. The van der Waals surface area contributed by atoms with Crippen molar-refractivity contribution in [3.05, 3.63) is 11.9 Å². The Kier molecular flexibility index (Phi) is 2.36. The Morgan fingerprint density at radius 2 is 2.40 bits per heavy atom. The molecule has 0 saturated carbocycles. The summed E-state index contributed by atoms with van der Waals surface area (Å²) in [6.45, 7) is 1.10. The fourth-order valence-electron chi connectivity index (χ4n) is 1.42. The van der Waals surface area contributed by atoms with Gasteiger partial charge in [-0.25, -0.2) is 0 Å². The molecule has 1 saturated heterocycles. The van der Waals surface area contributed by atoms with E-state index in [2.05, 4.69) is 15.6 Å². The lowest BCUT2D eigenvalue weighted by Crippen LogP contribution is -2.50. The van der Waals surface area contributed by atoms with Gasteiger partial charge in [0.15, 0.2) is 5.69 Å².